The minimum absolute atomic E-state index is 0.0564. The van der Waals surface area contributed by atoms with Gasteiger partial charge in [-0.25, -0.2) is 0 Å². The SMILES string of the molecule is CNC(=O)CSCCOc1ccccc1C. The first-order chi connectivity index (χ1) is 7.74. The Balaban J connectivity index is 2.17. The number of benzene rings is 1. The molecule has 1 rings (SSSR count). The molecule has 0 aliphatic rings. The summed E-state index contributed by atoms with van der Waals surface area (Å²) in [4.78, 5) is 10.9. The number of thioether (sulfide) groups is 1. The maximum Gasteiger partial charge on any atom is 0.229 e. The molecule has 0 heterocycles. The number of para-hydroxylation sites is 1. The number of rotatable bonds is 6. The van der Waals surface area contributed by atoms with Crippen molar-refractivity contribution in [1.29, 1.82) is 0 Å². The van der Waals surface area contributed by atoms with E-state index in [4.69, 9.17) is 4.74 Å². The number of aryl methyl sites for hydroxylation is 1. The second-order valence-electron chi connectivity index (χ2n) is 3.34. The van der Waals surface area contributed by atoms with Crippen LogP contribution in [0.15, 0.2) is 24.3 Å². The van der Waals surface area contributed by atoms with Crippen LogP contribution in [-0.2, 0) is 4.79 Å². The molecule has 1 N–H and O–H groups in total. The van der Waals surface area contributed by atoms with E-state index < -0.39 is 0 Å². The third kappa shape index (κ3) is 4.57. The highest BCUT2D eigenvalue weighted by molar-refractivity contribution is 7.99. The Bertz CT molecular complexity index is 342. The van der Waals surface area contributed by atoms with Crippen molar-refractivity contribution in [3.05, 3.63) is 29.8 Å². The normalized spacial score (nSPS) is 9.88. The van der Waals surface area contributed by atoms with Gasteiger partial charge >= 0.3 is 0 Å². The van der Waals surface area contributed by atoms with Crippen LogP contribution in [0.2, 0.25) is 0 Å². The van der Waals surface area contributed by atoms with Crippen molar-refractivity contribution in [2.75, 3.05) is 25.2 Å². The molecule has 0 aromatic heterocycles. The molecule has 16 heavy (non-hydrogen) atoms. The standard InChI is InChI=1S/C12H17NO2S/c1-10-5-3-4-6-11(10)15-7-8-16-9-12(14)13-2/h3-6H,7-9H2,1-2H3,(H,13,14). The molecule has 0 bridgehead atoms. The molecule has 4 heteroatoms. The Morgan fingerprint density at radius 3 is 2.88 bits per heavy atom. The van der Waals surface area contributed by atoms with E-state index in [2.05, 4.69) is 5.32 Å². The molecular weight excluding hydrogens is 222 g/mol. The van der Waals surface area contributed by atoms with E-state index >= 15 is 0 Å². The van der Waals surface area contributed by atoms with E-state index in [0.29, 0.717) is 12.4 Å². The molecule has 0 fully saturated rings. The van der Waals surface area contributed by atoms with Gasteiger partial charge in [0.05, 0.1) is 12.4 Å². The summed E-state index contributed by atoms with van der Waals surface area (Å²) < 4.78 is 5.60. The Labute approximate surface area is 101 Å². The highest BCUT2D eigenvalue weighted by Gasteiger charge is 1.99. The molecule has 1 aromatic rings. The molecule has 0 aliphatic heterocycles. The topological polar surface area (TPSA) is 38.3 Å². The molecule has 0 atom stereocenters. The first-order valence-electron chi connectivity index (χ1n) is 5.21. The van der Waals surface area contributed by atoms with Gasteiger partial charge < -0.3 is 10.1 Å². The zero-order valence-electron chi connectivity index (χ0n) is 9.66. The van der Waals surface area contributed by atoms with Gasteiger partial charge in [0.15, 0.2) is 0 Å². The van der Waals surface area contributed by atoms with E-state index in [9.17, 15) is 4.79 Å². The van der Waals surface area contributed by atoms with Crippen LogP contribution in [0.5, 0.6) is 5.75 Å². The van der Waals surface area contributed by atoms with Crippen molar-refractivity contribution in [1.82, 2.24) is 5.32 Å². The van der Waals surface area contributed by atoms with Gasteiger partial charge in [-0.3, -0.25) is 4.79 Å². The zero-order valence-corrected chi connectivity index (χ0v) is 10.5. The summed E-state index contributed by atoms with van der Waals surface area (Å²) in [5, 5.41) is 2.58. The average molecular weight is 239 g/mol. The van der Waals surface area contributed by atoms with Crippen molar-refractivity contribution in [3.8, 4) is 5.75 Å². The van der Waals surface area contributed by atoms with Crippen LogP contribution < -0.4 is 10.1 Å². The summed E-state index contributed by atoms with van der Waals surface area (Å²) >= 11 is 1.57. The third-order valence-electron chi connectivity index (χ3n) is 2.09. The second kappa shape index (κ2) is 7.17. The number of nitrogens with one attached hydrogen (secondary N) is 1. The van der Waals surface area contributed by atoms with Crippen molar-refractivity contribution >= 4 is 17.7 Å². The number of hydrogen-bond acceptors (Lipinski definition) is 3. The van der Waals surface area contributed by atoms with Gasteiger partial charge in [0.2, 0.25) is 5.91 Å². The Hall–Kier alpha value is -1.16. The predicted octanol–water partition coefficient (Wildman–Crippen LogP) is 1.85. The summed E-state index contributed by atoms with van der Waals surface area (Å²) in [6, 6.07) is 7.92. The van der Waals surface area contributed by atoms with Gasteiger partial charge in [0.1, 0.15) is 5.75 Å². The zero-order chi connectivity index (χ0) is 11.8. The van der Waals surface area contributed by atoms with Crippen LogP contribution in [-0.4, -0.2) is 31.1 Å². The van der Waals surface area contributed by atoms with Crippen molar-refractivity contribution in [2.24, 2.45) is 0 Å². The fourth-order valence-corrected chi connectivity index (χ4v) is 1.84. The monoisotopic (exact) mass is 239 g/mol. The summed E-state index contributed by atoms with van der Waals surface area (Å²) in [6.07, 6.45) is 0. The summed E-state index contributed by atoms with van der Waals surface area (Å²) in [5.74, 6) is 2.29. The quantitative estimate of drug-likeness (QED) is 0.770. The van der Waals surface area contributed by atoms with Crippen LogP contribution in [0.25, 0.3) is 0 Å². The number of ether oxygens (including phenoxy) is 1. The molecule has 0 unspecified atom stereocenters. The van der Waals surface area contributed by atoms with E-state index in [-0.39, 0.29) is 5.91 Å². The van der Waals surface area contributed by atoms with Crippen molar-refractivity contribution in [3.63, 3.8) is 0 Å². The molecule has 0 radical (unpaired) electrons. The lowest BCUT2D eigenvalue weighted by Gasteiger charge is -2.08. The molecule has 0 aliphatic carbocycles. The van der Waals surface area contributed by atoms with Crippen LogP contribution >= 0.6 is 11.8 Å². The highest BCUT2D eigenvalue weighted by Crippen LogP contribution is 2.16. The van der Waals surface area contributed by atoms with Gasteiger partial charge in [0, 0.05) is 12.8 Å². The largest absolute Gasteiger partial charge is 0.492 e. The molecule has 88 valence electrons. The number of amides is 1. The predicted molar refractivity (Wildman–Crippen MR) is 68.1 cm³/mol. The van der Waals surface area contributed by atoms with Crippen LogP contribution in [0, 0.1) is 6.92 Å². The second-order valence-corrected chi connectivity index (χ2v) is 4.44. The number of carbonyl (C=O) groups is 1. The van der Waals surface area contributed by atoms with Crippen molar-refractivity contribution in [2.45, 2.75) is 6.92 Å². The molecule has 0 saturated carbocycles. The Morgan fingerprint density at radius 2 is 2.19 bits per heavy atom. The molecule has 0 spiro atoms. The van der Waals surface area contributed by atoms with Gasteiger partial charge in [-0.15, -0.1) is 11.8 Å². The lowest BCUT2D eigenvalue weighted by molar-refractivity contribution is -0.118. The summed E-state index contributed by atoms with van der Waals surface area (Å²) in [5.41, 5.74) is 1.14. The maximum atomic E-state index is 10.9. The van der Waals surface area contributed by atoms with Crippen molar-refractivity contribution < 1.29 is 9.53 Å². The van der Waals surface area contributed by atoms with Gasteiger partial charge in [-0.1, -0.05) is 18.2 Å². The van der Waals surface area contributed by atoms with Crippen LogP contribution in [0.4, 0.5) is 0 Å². The smallest absolute Gasteiger partial charge is 0.229 e. The van der Waals surface area contributed by atoms with E-state index in [0.717, 1.165) is 17.1 Å². The fourth-order valence-electron chi connectivity index (χ4n) is 1.17. The summed E-state index contributed by atoms with van der Waals surface area (Å²) in [6.45, 7) is 2.65. The first-order valence-corrected chi connectivity index (χ1v) is 6.36. The lowest BCUT2D eigenvalue weighted by Crippen LogP contribution is -2.20. The van der Waals surface area contributed by atoms with E-state index in [1.165, 1.54) is 0 Å². The van der Waals surface area contributed by atoms with Crippen LogP contribution in [0.1, 0.15) is 5.56 Å². The summed E-state index contributed by atoms with van der Waals surface area (Å²) in [7, 11) is 1.65. The van der Waals surface area contributed by atoms with E-state index in [1.807, 2.05) is 31.2 Å². The number of hydrogen-bond donors (Lipinski definition) is 1. The van der Waals surface area contributed by atoms with E-state index in [1.54, 1.807) is 18.8 Å². The lowest BCUT2D eigenvalue weighted by atomic mass is 10.2. The Kier molecular flexibility index (Phi) is 5.78. The maximum absolute atomic E-state index is 10.9. The third-order valence-corrected chi connectivity index (χ3v) is 3.01. The Morgan fingerprint density at radius 1 is 1.44 bits per heavy atom. The fraction of sp³-hybridized carbons (Fsp3) is 0.417. The minimum Gasteiger partial charge on any atom is -0.492 e. The highest BCUT2D eigenvalue weighted by atomic mass is 32.2. The molecule has 0 saturated heterocycles. The molecular formula is C12H17NO2S. The molecule has 1 aromatic carbocycles. The average Bonchev–Trinajstić information content (AvgIpc) is 2.30. The van der Waals surface area contributed by atoms with Gasteiger partial charge in [-0.2, -0.15) is 0 Å². The van der Waals surface area contributed by atoms with Gasteiger partial charge in [-0.05, 0) is 18.6 Å². The minimum atomic E-state index is 0.0564. The van der Waals surface area contributed by atoms with Gasteiger partial charge in [0.25, 0.3) is 0 Å². The molecule has 1 amide bonds. The molecule has 3 nitrogen and oxygen atoms in total. The first kappa shape index (κ1) is 12.9. The van der Waals surface area contributed by atoms with Crippen LogP contribution in [0.3, 0.4) is 0 Å². The number of carbonyl (C=O) groups excluding carboxylic acids is 1.